The van der Waals surface area contributed by atoms with Gasteiger partial charge in [-0.05, 0) is 31.4 Å². The van der Waals surface area contributed by atoms with E-state index in [9.17, 15) is 10.1 Å². The molecule has 0 radical (unpaired) electrons. The number of likely N-dealkylation sites (tertiary alicyclic amines) is 1. The maximum atomic E-state index is 13.5. The minimum atomic E-state index is -0.452. The van der Waals surface area contributed by atoms with Crippen LogP contribution in [0.3, 0.4) is 0 Å². The summed E-state index contributed by atoms with van der Waals surface area (Å²) < 4.78 is 0. The highest BCUT2D eigenvalue weighted by molar-refractivity contribution is 5.98. The fourth-order valence-electron chi connectivity index (χ4n) is 5.41. The zero-order valence-corrected chi connectivity index (χ0v) is 15.8. The molecule has 4 unspecified atom stereocenters. The molecule has 27 heavy (non-hydrogen) atoms. The van der Waals surface area contributed by atoms with E-state index in [2.05, 4.69) is 35.2 Å². The Morgan fingerprint density at radius 3 is 2.41 bits per heavy atom. The van der Waals surface area contributed by atoms with E-state index in [1.807, 2.05) is 43.4 Å². The van der Waals surface area contributed by atoms with Gasteiger partial charge in [-0.15, -0.1) is 0 Å². The first-order chi connectivity index (χ1) is 13.2. The number of benzene rings is 2. The molecule has 0 amide bonds. The summed E-state index contributed by atoms with van der Waals surface area (Å²) >= 11 is 0. The van der Waals surface area contributed by atoms with E-state index in [1.165, 1.54) is 5.56 Å². The number of rotatable bonds is 3. The number of fused-ring (bicyclic) bond motifs is 1. The molecule has 2 aromatic rings. The monoisotopic (exact) mass is 358 g/mol. The highest BCUT2D eigenvalue weighted by atomic mass is 16.1. The van der Waals surface area contributed by atoms with Crippen LogP contribution in [0.25, 0.3) is 0 Å². The molecule has 0 spiro atoms. The number of nitriles is 1. The van der Waals surface area contributed by atoms with Crippen LogP contribution in [-0.2, 0) is 0 Å². The van der Waals surface area contributed by atoms with Crippen LogP contribution in [0, 0.1) is 23.2 Å². The fraction of sp³-hybridized carbons (Fsp3) is 0.417. The first kappa shape index (κ1) is 17.9. The number of hydrogen-bond donors (Lipinski definition) is 0. The third-order valence-corrected chi connectivity index (χ3v) is 6.73. The summed E-state index contributed by atoms with van der Waals surface area (Å²) in [6, 6.07) is 22.7. The van der Waals surface area contributed by atoms with Gasteiger partial charge in [-0.3, -0.25) is 9.69 Å². The van der Waals surface area contributed by atoms with E-state index < -0.39 is 5.54 Å². The maximum Gasteiger partial charge on any atom is 0.167 e. The fourth-order valence-corrected chi connectivity index (χ4v) is 5.41. The summed E-state index contributed by atoms with van der Waals surface area (Å²) in [5.41, 5.74) is 1.52. The van der Waals surface area contributed by atoms with Crippen molar-refractivity contribution in [3.63, 3.8) is 0 Å². The number of Topliss-reactive ketones (excluding diaryl/α,β-unsaturated/α-hetero) is 1. The standard InChI is InChI=1S/C24H26N2O/c1-26-16-20(23(27)19-12-6-3-7-13-19)22(18-10-4-2-5-11-18)21-14-8-9-15-24(21,26)17-25/h2-7,10-13,20-22H,8-9,14-16H2,1H3. The SMILES string of the molecule is CN1CC(C(=O)c2ccccc2)C(c2ccccc2)C2CCCCC21C#N. The molecule has 1 aliphatic heterocycles. The van der Waals surface area contributed by atoms with Crippen molar-refractivity contribution >= 4 is 5.78 Å². The van der Waals surface area contributed by atoms with Gasteiger partial charge in [0.25, 0.3) is 0 Å². The molecule has 1 aliphatic carbocycles. The van der Waals surface area contributed by atoms with Crippen molar-refractivity contribution in [1.82, 2.24) is 4.90 Å². The van der Waals surface area contributed by atoms with E-state index in [0.29, 0.717) is 6.54 Å². The number of carbonyl (C=O) groups is 1. The Hall–Kier alpha value is -2.44. The Morgan fingerprint density at radius 2 is 1.74 bits per heavy atom. The van der Waals surface area contributed by atoms with Crippen LogP contribution in [0.4, 0.5) is 0 Å². The van der Waals surface area contributed by atoms with Crippen molar-refractivity contribution in [2.24, 2.45) is 11.8 Å². The second-order valence-electron chi connectivity index (χ2n) is 8.04. The number of carbonyl (C=O) groups excluding carboxylic acids is 1. The Bertz CT molecular complexity index is 842. The molecule has 1 saturated carbocycles. The topological polar surface area (TPSA) is 44.1 Å². The maximum absolute atomic E-state index is 13.5. The Morgan fingerprint density at radius 1 is 1.07 bits per heavy atom. The van der Waals surface area contributed by atoms with Gasteiger partial charge in [0, 0.05) is 23.9 Å². The van der Waals surface area contributed by atoms with Gasteiger partial charge in [-0.25, -0.2) is 0 Å². The predicted molar refractivity (Wildman–Crippen MR) is 106 cm³/mol. The van der Waals surface area contributed by atoms with Crippen LogP contribution in [0.1, 0.15) is 47.5 Å². The number of nitrogens with zero attached hydrogens (tertiary/aromatic N) is 2. The van der Waals surface area contributed by atoms with E-state index in [4.69, 9.17) is 0 Å². The van der Waals surface area contributed by atoms with E-state index in [-0.39, 0.29) is 23.5 Å². The number of ketones is 1. The molecule has 1 heterocycles. The van der Waals surface area contributed by atoms with Crippen molar-refractivity contribution in [3.8, 4) is 6.07 Å². The lowest BCUT2D eigenvalue weighted by atomic mass is 9.58. The van der Waals surface area contributed by atoms with E-state index in [0.717, 1.165) is 31.2 Å². The van der Waals surface area contributed by atoms with Crippen LogP contribution in [-0.4, -0.2) is 29.8 Å². The van der Waals surface area contributed by atoms with Crippen LogP contribution < -0.4 is 0 Å². The van der Waals surface area contributed by atoms with Gasteiger partial charge in [0.1, 0.15) is 5.54 Å². The van der Waals surface area contributed by atoms with Crippen molar-refractivity contribution in [2.75, 3.05) is 13.6 Å². The average molecular weight is 358 g/mol. The quantitative estimate of drug-likeness (QED) is 0.749. The summed E-state index contributed by atoms with van der Waals surface area (Å²) in [6.07, 6.45) is 4.14. The van der Waals surface area contributed by atoms with Gasteiger partial charge < -0.3 is 0 Å². The largest absolute Gasteiger partial charge is 0.294 e. The Kier molecular flexibility index (Phi) is 4.85. The second kappa shape index (κ2) is 7.29. The molecular weight excluding hydrogens is 332 g/mol. The molecule has 0 N–H and O–H groups in total. The highest BCUT2D eigenvalue weighted by Crippen LogP contribution is 2.52. The molecule has 1 saturated heterocycles. The molecule has 4 rings (SSSR count). The van der Waals surface area contributed by atoms with Crippen molar-refractivity contribution in [2.45, 2.75) is 37.1 Å². The molecule has 138 valence electrons. The highest BCUT2D eigenvalue weighted by Gasteiger charge is 2.55. The summed E-state index contributed by atoms with van der Waals surface area (Å²) in [5.74, 6) is 0.364. The second-order valence-corrected chi connectivity index (χ2v) is 8.04. The first-order valence-electron chi connectivity index (χ1n) is 9.94. The average Bonchev–Trinajstić information content (AvgIpc) is 2.74. The van der Waals surface area contributed by atoms with Crippen LogP contribution in [0.5, 0.6) is 0 Å². The number of piperidine rings is 1. The van der Waals surface area contributed by atoms with Crippen LogP contribution in [0.15, 0.2) is 60.7 Å². The lowest BCUT2D eigenvalue weighted by Crippen LogP contribution is -2.62. The molecule has 2 fully saturated rings. The van der Waals surface area contributed by atoms with Crippen LogP contribution in [0.2, 0.25) is 0 Å². The Labute approximate surface area is 161 Å². The molecule has 2 aliphatic rings. The lowest BCUT2D eigenvalue weighted by Gasteiger charge is -2.55. The van der Waals surface area contributed by atoms with Gasteiger partial charge >= 0.3 is 0 Å². The molecule has 0 aromatic heterocycles. The van der Waals surface area contributed by atoms with Gasteiger partial charge in [0.15, 0.2) is 5.78 Å². The minimum Gasteiger partial charge on any atom is -0.294 e. The number of hydrogen-bond acceptors (Lipinski definition) is 3. The third kappa shape index (κ3) is 2.99. The zero-order chi connectivity index (χ0) is 18.9. The molecular formula is C24H26N2O. The van der Waals surface area contributed by atoms with Gasteiger partial charge in [-0.2, -0.15) is 5.26 Å². The minimum absolute atomic E-state index is 0.0926. The molecule has 3 nitrogen and oxygen atoms in total. The molecule has 0 bridgehead atoms. The van der Waals surface area contributed by atoms with Crippen LogP contribution >= 0.6 is 0 Å². The molecule has 3 heteroatoms. The lowest BCUT2D eigenvalue weighted by molar-refractivity contribution is -0.0139. The van der Waals surface area contributed by atoms with Gasteiger partial charge in [0.2, 0.25) is 0 Å². The van der Waals surface area contributed by atoms with Crippen molar-refractivity contribution in [1.29, 1.82) is 5.26 Å². The Balaban J connectivity index is 1.81. The normalized spacial score (nSPS) is 30.9. The molecule has 2 aromatic carbocycles. The van der Waals surface area contributed by atoms with Gasteiger partial charge in [0.05, 0.1) is 6.07 Å². The summed E-state index contributed by atoms with van der Waals surface area (Å²) in [4.78, 5) is 15.7. The first-order valence-corrected chi connectivity index (χ1v) is 9.94. The van der Waals surface area contributed by atoms with E-state index >= 15 is 0 Å². The third-order valence-electron chi connectivity index (χ3n) is 6.73. The van der Waals surface area contributed by atoms with E-state index in [1.54, 1.807) is 0 Å². The summed E-state index contributed by atoms with van der Waals surface area (Å²) in [6.45, 7) is 0.636. The van der Waals surface area contributed by atoms with Crippen molar-refractivity contribution in [3.05, 3.63) is 71.8 Å². The van der Waals surface area contributed by atoms with Crippen molar-refractivity contribution < 1.29 is 4.79 Å². The zero-order valence-electron chi connectivity index (χ0n) is 15.8. The predicted octanol–water partition coefficient (Wildman–Crippen LogP) is 4.67. The summed E-state index contributed by atoms with van der Waals surface area (Å²) in [5, 5.41) is 10.2. The summed E-state index contributed by atoms with van der Waals surface area (Å²) in [7, 11) is 2.04. The molecule has 4 atom stereocenters. The smallest absolute Gasteiger partial charge is 0.167 e. The van der Waals surface area contributed by atoms with Gasteiger partial charge in [-0.1, -0.05) is 73.5 Å².